The third-order valence-electron chi connectivity index (χ3n) is 4.43. The summed E-state index contributed by atoms with van der Waals surface area (Å²) in [6.07, 6.45) is -0.681. The number of carbonyl (C=O) groups is 2. The summed E-state index contributed by atoms with van der Waals surface area (Å²) in [5.74, 6) is -1.40. The molecule has 27 heavy (non-hydrogen) atoms. The van der Waals surface area contributed by atoms with Crippen LogP contribution in [0.15, 0.2) is 42.5 Å². The molecule has 2 aromatic carbocycles. The molecule has 0 saturated carbocycles. The molecule has 0 aliphatic carbocycles. The fourth-order valence-electron chi connectivity index (χ4n) is 3.22. The highest BCUT2D eigenvalue weighted by molar-refractivity contribution is 6.35. The molecule has 1 heterocycles. The third kappa shape index (κ3) is 4.18. The molecule has 0 radical (unpaired) electrons. The maximum atomic E-state index is 12.8. The molecule has 142 valence electrons. The van der Waals surface area contributed by atoms with Crippen molar-refractivity contribution in [3.05, 3.63) is 63.6 Å². The van der Waals surface area contributed by atoms with E-state index in [0.717, 1.165) is 0 Å². The summed E-state index contributed by atoms with van der Waals surface area (Å²) >= 11 is 12.4. The van der Waals surface area contributed by atoms with Crippen molar-refractivity contribution in [3.8, 4) is 0 Å². The van der Waals surface area contributed by atoms with Gasteiger partial charge in [0.25, 0.3) is 5.91 Å². The molecule has 0 saturated heterocycles. The van der Waals surface area contributed by atoms with E-state index in [4.69, 9.17) is 27.9 Å². The number of carbonyl (C=O) groups excluding carboxylic acids is 1. The van der Waals surface area contributed by atoms with Gasteiger partial charge in [0.15, 0.2) is 6.10 Å². The summed E-state index contributed by atoms with van der Waals surface area (Å²) in [5, 5.41) is 15.9. The van der Waals surface area contributed by atoms with Crippen molar-refractivity contribution in [1.82, 2.24) is 5.32 Å². The quantitative estimate of drug-likeness (QED) is 0.699. The molecule has 1 aliphatic rings. The lowest BCUT2D eigenvalue weighted by Crippen LogP contribution is -2.42. The van der Waals surface area contributed by atoms with Gasteiger partial charge in [-0.2, -0.15) is 0 Å². The van der Waals surface area contributed by atoms with Crippen LogP contribution in [0.5, 0.6) is 0 Å². The first kappa shape index (κ1) is 19.5. The van der Waals surface area contributed by atoms with Crippen LogP contribution in [0, 0.1) is 0 Å². The van der Waals surface area contributed by atoms with Crippen LogP contribution in [-0.2, 0) is 14.3 Å². The fourth-order valence-corrected chi connectivity index (χ4v) is 3.85. The van der Waals surface area contributed by atoms with Crippen molar-refractivity contribution in [2.45, 2.75) is 24.6 Å². The molecule has 6 nitrogen and oxygen atoms in total. The number of fused-ring (bicyclic) bond motifs is 1. The van der Waals surface area contributed by atoms with E-state index < -0.39 is 24.2 Å². The third-order valence-corrected chi connectivity index (χ3v) is 4.97. The van der Waals surface area contributed by atoms with E-state index in [1.54, 1.807) is 24.3 Å². The minimum Gasteiger partial charge on any atom is -0.480 e. The Morgan fingerprint density at radius 2 is 1.96 bits per heavy atom. The van der Waals surface area contributed by atoms with Gasteiger partial charge in [0.05, 0.1) is 6.04 Å². The first-order valence-electron chi connectivity index (χ1n) is 8.27. The molecule has 3 N–H and O–H groups in total. The highest BCUT2D eigenvalue weighted by Gasteiger charge is 2.35. The van der Waals surface area contributed by atoms with Crippen LogP contribution in [0.2, 0.25) is 10.0 Å². The molecular formula is C19H18Cl2N2O4. The Morgan fingerprint density at radius 1 is 1.26 bits per heavy atom. The summed E-state index contributed by atoms with van der Waals surface area (Å²) in [5.41, 5.74) is 1.80. The molecule has 0 bridgehead atoms. The van der Waals surface area contributed by atoms with Crippen LogP contribution in [-0.4, -0.2) is 30.1 Å². The van der Waals surface area contributed by atoms with Gasteiger partial charge in [-0.1, -0.05) is 53.5 Å². The molecule has 0 aromatic heterocycles. The van der Waals surface area contributed by atoms with Crippen LogP contribution >= 0.6 is 23.2 Å². The number of anilines is 1. The van der Waals surface area contributed by atoms with Crippen LogP contribution in [0.1, 0.15) is 29.7 Å². The molecule has 3 atom stereocenters. The Hall–Kier alpha value is -2.28. The molecule has 1 aliphatic heterocycles. The Balaban J connectivity index is 1.91. The van der Waals surface area contributed by atoms with Crippen LogP contribution in [0.25, 0.3) is 0 Å². The SMILES string of the molecule is COC(C(=O)NC1CC(C(=O)O)Nc2cc(Cl)cc(Cl)c21)c1ccccc1. The first-order chi connectivity index (χ1) is 12.9. The number of ether oxygens (including phenoxy) is 1. The Kier molecular flexibility index (Phi) is 5.89. The van der Waals surface area contributed by atoms with E-state index in [1.165, 1.54) is 7.11 Å². The number of hydrogen-bond donors (Lipinski definition) is 3. The van der Waals surface area contributed by atoms with Gasteiger partial charge in [0, 0.05) is 34.8 Å². The molecular weight excluding hydrogens is 391 g/mol. The number of carboxylic acid groups (broad SMARTS) is 1. The minimum absolute atomic E-state index is 0.140. The summed E-state index contributed by atoms with van der Waals surface area (Å²) < 4.78 is 5.35. The number of halogens is 2. The molecule has 3 unspecified atom stereocenters. The number of rotatable bonds is 5. The fraction of sp³-hybridized carbons (Fsp3) is 0.263. The van der Waals surface area contributed by atoms with E-state index in [-0.39, 0.29) is 12.3 Å². The van der Waals surface area contributed by atoms with Crippen molar-refractivity contribution in [2.75, 3.05) is 12.4 Å². The zero-order chi connectivity index (χ0) is 19.6. The first-order valence-corrected chi connectivity index (χ1v) is 9.02. The van der Waals surface area contributed by atoms with Gasteiger partial charge in [-0.15, -0.1) is 0 Å². The van der Waals surface area contributed by atoms with Crippen LogP contribution in [0.3, 0.4) is 0 Å². The molecule has 8 heteroatoms. The van der Waals surface area contributed by atoms with Gasteiger partial charge >= 0.3 is 5.97 Å². The lowest BCUT2D eigenvalue weighted by atomic mass is 9.92. The number of amides is 1. The smallest absolute Gasteiger partial charge is 0.326 e. The van der Waals surface area contributed by atoms with Gasteiger partial charge in [-0.3, -0.25) is 4.79 Å². The monoisotopic (exact) mass is 408 g/mol. The molecule has 3 rings (SSSR count). The Morgan fingerprint density at radius 3 is 2.59 bits per heavy atom. The normalized spacial score (nSPS) is 19.5. The van der Waals surface area contributed by atoms with Crippen molar-refractivity contribution in [3.63, 3.8) is 0 Å². The average Bonchev–Trinajstić information content (AvgIpc) is 2.62. The van der Waals surface area contributed by atoms with Crippen molar-refractivity contribution < 1.29 is 19.4 Å². The lowest BCUT2D eigenvalue weighted by Gasteiger charge is -2.33. The topological polar surface area (TPSA) is 87.7 Å². The van der Waals surface area contributed by atoms with Gasteiger partial charge < -0.3 is 20.5 Å². The minimum atomic E-state index is -1.03. The highest BCUT2D eigenvalue weighted by Crippen LogP contribution is 2.40. The summed E-state index contributed by atoms with van der Waals surface area (Å²) in [6, 6.07) is 10.7. The zero-order valence-corrected chi connectivity index (χ0v) is 15.9. The number of hydrogen-bond acceptors (Lipinski definition) is 4. The van der Waals surface area contributed by atoms with E-state index >= 15 is 0 Å². The van der Waals surface area contributed by atoms with Crippen molar-refractivity contribution in [2.24, 2.45) is 0 Å². The molecule has 1 amide bonds. The van der Waals surface area contributed by atoms with Gasteiger partial charge in [-0.05, 0) is 17.7 Å². The van der Waals surface area contributed by atoms with E-state index in [1.807, 2.05) is 18.2 Å². The second kappa shape index (κ2) is 8.17. The van der Waals surface area contributed by atoms with Crippen LogP contribution < -0.4 is 10.6 Å². The van der Waals surface area contributed by atoms with Gasteiger partial charge in [0.1, 0.15) is 6.04 Å². The summed E-state index contributed by atoms with van der Waals surface area (Å²) in [6.45, 7) is 0. The van der Waals surface area contributed by atoms with E-state index in [2.05, 4.69) is 10.6 Å². The Labute approximate surface area is 166 Å². The largest absolute Gasteiger partial charge is 0.480 e. The highest BCUT2D eigenvalue weighted by atomic mass is 35.5. The predicted molar refractivity (Wildman–Crippen MR) is 103 cm³/mol. The number of aliphatic carboxylic acids is 1. The van der Waals surface area contributed by atoms with Crippen LogP contribution in [0.4, 0.5) is 5.69 Å². The van der Waals surface area contributed by atoms with Crippen molar-refractivity contribution >= 4 is 40.8 Å². The van der Waals surface area contributed by atoms with E-state index in [0.29, 0.717) is 26.9 Å². The second-order valence-corrected chi connectivity index (χ2v) is 7.05. The number of benzene rings is 2. The standard InChI is InChI=1S/C19H18Cl2N2O4/c1-27-17(10-5-3-2-4-6-10)18(24)23-14-9-15(19(25)26)22-13-8-11(20)7-12(21)16(13)14/h2-8,14-15,17,22H,9H2,1H3,(H,23,24)(H,25,26). The molecule has 0 fully saturated rings. The maximum Gasteiger partial charge on any atom is 0.326 e. The number of methoxy groups -OCH3 is 1. The predicted octanol–water partition coefficient (Wildman–Crippen LogP) is 3.81. The number of carboxylic acids is 1. The average molecular weight is 409 g/mol. The molecule has 2 aromatic rings. The number of nitrogens with one attached hydrogen (secondary N) is 2. The lowest BCUT2D eigenvalue weighted by molar-refractivity contribution is -0.139. The second-order valence-electron chi connectivity index (χ2n) is 6.21. The van der Waals surface area contributed by atoms with Gasteiger partial charge in [0.2, 0.25) is 0 Å². The molecule has 0 spiro atoms. The summed E-state index contributed by atoms with van der Waals surface area (Å²) in [4.78, 5) is 24.3. The van der Waals surface area contributed by atoms with Gasteiger partial charge in [-0.25, -0.2) is 4.79 Å². The van der Waals surface area contributed by atoms with Crippen molar-refractivity contribution in [1.29, 1.82) is 0 Å². The Bertz CT molecular complexity index is 860. The zero-order valence-electron chi connectivity index (χ0n) is 14.4. The summed E-state index contributed by atoms with van der Waals surface area (Å²) in [7, 11) is 1.44. The maximum absolute atomic E-state index is 12.8. The van der Waals surface area contributed by atoms with E-state index in [9.17, 15) is 14.7 Å².